The Bertz CT molecular complexity index is 366. The van der Waals surface area contributed by atoms with E-state index in [9.17, 15) is 4.79 Å². The van der Waals surface area contributed by atoms with Crippen LogP contribution in [0.5, 0.6) is 0 Å². The van der Waals surface area contributed by atoms with Crippen LogP contribution in [0.3, 0.4) is 0 Å². The molecule has 4 nitrogen and oxygen atoms in total. The van der Waals surface area contributed by atoms with E-state index in [-0.39, 0.29) is 0 Å². The standard InChI is InChI=1S/C13H21N3O/c1-16-10-12(9-15-16)3-5-13(17)4-2-11-6-7-14-8-11/h9-11,14H,2-8H2,1H3. The van der Waals surface area contributed by atoms with Crippen molar-refractivity contribution in [3.63, 3.8) is 0 Å². The second kappa shape index (κ2) is 5.96. The highest BCUT2D eigenvalue weighted by Gasteiger charge is 2.15. The first-order valence-corrected chi connectivity index (χ1v) is 6.44. The maximum Gasteiger partial charge on any atom is 0.133 e. The van der Waals surface area contributed by atoms with Gasteiger partial charge in [-0.25, -0.2) is 0 Å². The van der Waals surface area contributed by atoms with Gasteiger partial charge in [0, 0.05) is 26.1 Å². The van der Waals surface area contributed by atoms with Gasteiger partial charge in [0.1, 0.15) is 5.78 Å². The summed E-state index contributed by atoms with van der Waals surface area (Å²) in [6.07, 6.45) is 8.34. The summed E-state index contributed by atoms with van der Waals surface area (Å²) in [5.74, 6) is 1.11. The van der Waals surface area contributed by atoms with Gasteiger partial charge in [0.2, 0.25) is 0 Å². The van der Waals surface area contributed by atoms with Gasteiger partial charge in [-0.2, -0.15) is 5.10 Å². The highest BCUT2D eigenvalue weighted by Crippen LogP contribution is 2.15. The van der Waals surface area contributed by atoms with E-state index in [1.54, 1.807) is 4.68 Å². The second-order valence-electron chi connectivity index (χ2n) is 4.96. The number of carbonyl (C=O) groups excluding carboxylic acids is 1. The number of aromatic nitrogens is 2. The minimum atomic E-state index is 0.390. The Balaban J connectivity index is 1.63. The van der Waals surface area contributed by atoms with Crippen molar-refractivity contribution in [3.05, 3.63) is 18.0 Å². The van der Waals surface area contributed by atoms with E-state index in [4.69, 9.17) is 0 Å². The number of ketones is 1. The van der Waals surface area contributed by atoms with Gasteiger partial charge in [0.15, 0.2) is 0 Å². The third kappa shape index (κ3) is 3.97. The fraction of sp³-hybridized carbons (Fsp3) is 0.692. The zero-order valence-electron chi connectivity index (χ0n) is 10.5. The van der Waals surface area contributed by atoms with Crippen molar-refractivity contribution >= 4 is 5.78 Å². The molecular weight excluding hydrogens is 214 g/mol. The van der Waals surface area contributed by atoms with E-state index in [0.29, 0.717) is 12.2 Å². The molecule has 17 heavy (non-hydrogen) atoms. The lowest BCUT2D eigenvalue weighted by molar-refractivity contribution is -0.119. The fourth-order valence-corrected chi connectivity index (χ4v) is 2.34. The first kappa shape index (κ1) is 12.3. The molecule has 1 aliphatic heterocycles. The molecular formula is C13H21N3O. The van der Waals surface area contributed by atoms with Crippen molar-refractivity contribution < 1.29 is 4.79 Å². The van der Waals surface area contributed by atoms with Crippen LogP contribution in [0, 0.1) is 5.92 Å². The van der Waals surface area contributed by atoms with Crippen LogP contribution in [0.2, 0.25) is 0 Å². The van der Waals surface area contributed by atoms with Crippen molar-refractivity contribution in [1.29, 1.82) is 0 Å². The summed E-state index contributed by atoms with van der Waals surface area (Å²) in [4.78, 5) is 11.7. The molecule has 1 aliphatic rings. The Kier molecular flexibility index (Phi) is 4.31. The molecule has 1 aromatic heterocycles. The van der Waals surface area contributed by atoms with Crippen LogP contribution in [-0.4, -0.2) is 28.7 Å². The third-order valence-corrected chi connectivity index (χ3v) is 3.44. The molecule has 0 bridgehead atoms. The molecule has 0 aromatic carbocycles. The molecule has 2 rings (SSSR count). The lowest BCUT2D eigenvalue weighted by Crippen LogP contribution is -2.10. The fourth-order valence-electron chi connectivity index (χ4n) is 2.34. The maximum atomic E-state index is 11.7. The number of carbonyl (C=O) groups is 1. The van der Waals surface area contributed by atoms with E-state index in [1.807, 2.05) is 19.4 Å². The monoisotopic (exact) mass is 235 g/mol. The Morgan fingerprint density at radius 2 is 2.47 bits per heavy atom. The van der Waals surface area contributed by atoms with Crippen LogP contribution in [0.1, 0.15) is 31.2 Å². The van der Waals surface area contributed by atoms with E-state index >= 15 is 0 Å². The second-order valence-corrected chi connectivity index (χ2v) is 4.96. The number of Topliss-reactive ketones (excluding diaryl/α,β-unsaturated/α-hetero) is 1. The number of rotatable bonds is 6. The number of nitrogens with zero attached hydrogens (tertiary/aromatic N) is 2. The molecule has 1 atom stereocenters. The van der Waals surface area contributed by atoms with Gasteiger partial charge in [-0.3, -0.25) is 9.48 Å². The average molecular weight is 235 g/mol. The summed E-state index contributed by atoms with van der Waals surface area (Å²) >= 11 is 0. The zero-order valence-corrected chi connectivity index (χ0v) is 10.5. The van der Waals surface area contributed by atoms with Gasteiger partial charge in [-0.05, 0) is 43.8 Å². The molecule has 1 N–H and O–H groups in total. The average Bonchev–Trinajstić information content (AvgIpc) is 2.95. The number of nitrogens with one attached hydrogen (secondary N) is 1. The largest absolute Gasteiger partial charge is 0.316 e. The van der Waals surface area contributed by atoms with Crippen molar-refractivity contribution in [2.45, 2.75) is 32.1 Å². The summed E-state index contributed by atoms with van der Waals surface area (Å²) in [5.41, 5.74) is 1.16. The molecule has 1 aromatic rings. The van der Waals surface area contributed by atoms with E-state index in [1.165, 1.54) is 6.42 Å². The van der Waals surface area contributed by atoms with Gasteiger partial charge in [-0.15, -0.1) is 0 Å². The molecule has 0 aliphatic carbocycles. The topological polar surface area (TPSA) is 46.9 Å². The van der Waals surface area contributed by atoms with Gasteiger partial charge >= 0.3 is 0 Å². The molecule has 2 heterocycles. The molecule has 1 fully saturated rings. The lowest BCUT2D eigenvalue weighted by atomic mass is 9.99. The Hall–Kier alpha value is -1.16. The van der Waals surface area contributed by atoms with Gasteiger partial charge < -0.3 is 5.32 Å². The summed E-state index contributed by atoms with van der Waals surface area (Å²) in [7, 11) is 1.90. The van der Waals surface area contributed by atoms with Crippen LogP contribution >= 0.6 is 0 Å². The normalized spacial score (nSPS) is 19.7. The predicted octanol–water partition coefficient (Wildman–Crippen LogP) is 1.31. The predicted molar refractivity (Wildman–Crippen MR) is 66.7 cm³/mol. The Labute approximate surface area is 102 Å². The highest BCUT2D eigenvalue weighted by molar-refractivity contribution is 5.78. The maximum absolute atomic E-state index is 11.7. The molecule has 4 heteroatoms. The summed E-state index contributed by atoms with van der Waals surface area (Å²) in [5, 5.41) is 7.44. The highest BCUT2D eigenvalue weighted by atomic mass is 16.1. The first-order valence-electron chi connectivity index (χ1n) is 6.44. The molecule has 0 spiro atoms. The molecule has 0 radical (unpaired) electrons. The van der Waals surface area contributed by atoms with Crippen LogP contribution in [0.4, 0.5) is 0 Å². The van der Waals surface area contributed by atoms with Gasteiger partial charge in [0.25, 0.3) is 0 Å². The third-order valence-electron chi connectivity index (χ3n) is 3.44. The number of hydrogen-bond acceptors (Lipinski definition) is 3. The molecule has 0 saturated carbocycles. The van der Waals surface area contributed by atoms with Gasteiger partial charge in [0.05, 0.1) is 6.20 Å². The minimum absolute atomic E-state index is 0.390. The smallest absolute Gasteiger partial charge is 0.133 e. The summed E-state index contributed by atoms with van der Waals surface area (Å²) in [6, 6.07) is 0. The lowest BCUT2D eigenvalue weighted by Gasteiger charge is -2.06. The Morgan fingerprint density at radius 1 is 1.59 bits per heavy atom. The van der Waals surface area contributed by atoms with E-state index in [2.05, 4.69) is 10.4 Å². The van der Waals surface area contributed by atoms with Gasteiger partial charge in [-0.1, -0.05) is 0 Å². The molecule has 1 unspecified atom stereocenters. The number of hydrogen-bond donors (Lipinski definition) is 1. The molecule has 0 amide bonds. The number of aryl methyl sites for hydroxylation is 2. The van der Waals surface area contributed by atoms with Crippen molar-refractivity contribution in [1.82, 2.24) is 15.1 Å². The summed E-state index contributed by atoms with van der Waals surface area (Å²) in [6.45, 7) is 2.21. The van der Waals surface area contributed by atoms with Crippen LogP contribution in [0.15, 0.2) is 12.4 Å². The first-order chi connectivity index (χ1) is 8.24. The van der Waals surface area contributed by atoms with Crippen molar-refractivity contribution in [2.24, 2.45) is 13.0 Å². The van der Waals surface area contributed by atoms with Crippen molar-refractivity contribution in [3.8, 4) is 0 Å². The van der Waals surface area contributed by atoms with Crippen LogP contribution < -0.4 is 5.32 Å². The van der Waals surface area contributed by atoms with Crippen LogP contribution in [-0.2, 0) is 18.3 Å². The Morgan fingerprint density at radius 3 is 3.12 bits per heavy atom. The minimum Gasteiger partial charge on any atom is -0.316 e. The van der Waals surface area contributed by atoms with E-state index in [0.717, 1.165) is 43.8 Å². The van der Waals surface area contributed by atoms with Crippen LogP contribution in [0.25, 0.3) is 0 Å². The van der Waals surface area contributed by atoms with E-state index < -0.39 is 0 Å². The quantitative estimate of drug-likeness (QED) is 0.808. The summed E-state index contributed by atoms with van der Waals surface area (Å²) < 4.78 is 1.78. The molecule has 1 saturated heterocycles. The zero-order chi connectivity index (χ0) is 12.1. The van der Waals surface area contributed by atoms with Crippen molar-refractivity contribution in [2.75, 3.05) is 13.1 Å². The SMILES string of the molecule is Cn1cc(CCC(=O)CCC2CCNC2)cn1. The molecule has 94 valence electrons.